The van der Waals surface area contributed by atoms with Crippen LogP contribution < -0.4 is 11.1 Å². The van der Waals surface area contributed by atoms with E-state index in [-0.39, 0.29) is 17.3 Å². The van der Waals surface area contributed by atoms with Crippen molar-refractivity contribution in [3.8, 4) is 0 Å². The van der Waals surface area contributed by atoms with Crippen LogP contribution in [0.3, 0.4) is 0 Å². The predicted molar refractivity (Wildman–Crippen MR) is 65.0 cm³/mol. The van der Waals surface area contributed by atoms with E-state index >= 15 is 0 Å². The van der Waals surface area contributed by atoms with E-state index < -0.39 is 10.7 Å². The van der Waals surface area contributed by atoms with Crippen LogP contribution in [0.5, 0.6) is 0 Å². The third kappa shape index (κ3) is 2.70. The Morgan fingerprint density at radius 3 is 2.78 bits per heavy atom. The summed E-state index contributed by atoms with van der Waals surface area (Å²) >= 11 is 0. The van der Waals surface area contributed by atoms with Crippen molar-refractivity contribution in [1.29, 1.82) is 0 Å². The van der Waals surface area contributed by atoms with Gasteiger partial charge in [-0.25, -0.2) is 9.37 Å². The van der Waals surface area contributed by atoms with Gasteiger partial charge in [0.15, 0.2) is 0 Å². The van der Waals surface area contributed by atoms with Crippen molar-refractivity contribution in [3.05, 3.63) is 52.3 Å². The number of nitrogens with one attached hydrogen (secondary N) is 1. The molecule has 0 aliphatic heterocycles. The molecular weight excluding hydrogens is 239 g/mol. The molecule has 1 aromatic carbocycles. The molecule has 0 aliphatic carbocycles. The van der Waals surface area contributed by atoms with Crippen LogP contribution in [0.25, 0.3) is 0 Å². The van der Waals surface area contributed by atoms with Crippen LogP contribution in [0, 0.1) is 15.9 Å². The van der Waals surface area contributed by atoms with Crippen LogP contribution in [0.1, 0.15) is 0 Å². The number of aromatic nitrogens is 1. The Balaban J connectivity index is 2.31. The van der Waals surface area contributed by atoms with Gasteiger partial charge in [0.2, 0.25) is 0 Å². The first-order chi connectivity index (χ1) is 8.54. The highest BCUT2D eigenvalue weighted by atomic mass is 19.1. The Morgan fingerprint density at radius 1 is 1.33 bits per heavy atom. The van der Waals surface area contributed by atoms with Crippen molar-refractivity contribution in [2.45, 2.75) is 0 Å². The molecule has 0 saturated heterocycles. The smallest absolute Gasteiger partial charge is 0.276 e. The van der Waals surface area contributed by atoms with Crippen molar-refractivity contribution in [3.63, 3.8) is 0 Å². The molecule has 0 unspecified atom stereocenters. The van der Waals surface area contributed by atoms with Crippen molar-refractivity contribution in [2.24, 2.45) is 0 Å². The topological polar surface area (TPSA) is 94.1 Å². The summed E-state index contributed by atoms with van der Waals surface area (Å²) < 4.78 is 13.0. The number of hydrogen-bond donors (Lipinski definition) is 2. The minimum atomic E-state index is -0.575. The lowest BCUT2D eigenvalue weighted by Gasteiger charge is -2.06. The molecule has 0 spiro atoms. The molecule has 2 aromatic rings. The van der Waals surface area contributed by atoms with Gasteiger partial charge in [0.05, 0.1) is 17.1 Å². The Labute approximate surface area is 101 Å². The van der Waals surface area contributed by atoms with Gasteiger partial charge in [0.1, 0.15) is 17.5 Å². The summed E-state index contributed by atoms with van der Waals surface area (Å²) in [7, 11) is 0. The molecule has 0 saturated carbocycles. The summed E-state index contributed by atoms with van der Waals surface area (Å²) in [5, 5.41) is 13.4. The number of rotatable bonds is 3. The van der Waals surface area contributed by atoms with Gasteiger partial charge >= 0.3 is 0 Å². The highest BCUT2D eigenvalue weighted by Crippen LogP contribution is 2.22. The summed E-state index contributed by atoms with van der Waals surface area (Å²) in [6.45, 7) is 0. The van der Waals surface area contributed by atoms with Gasteiger partial charge in [-0.1, -0.05) is 6.07 Å². The standard InChI is InChI=1S/C11H9FN4O2/c12-7-2-1-3-8(4-7)14-11-6-9(16(17)18)5-10(13)15-11/h1-6H,(H3,13,14,15). The molecule has 2 rings (SSSR count). The molecule has 0 aliphatic rings. The lowest BCUT2D eigenvalue weighted by molar-refractivity contribution is -0.384. The molecule has 0 bridgehead atoms. The molecule has 6 nitrogen and oxygen atoms in total. The highest BCUT2D eigenvalue weighted by Gasteiger charge is 2.10. The average molecular weight is 248 g/mol. The molecule has 0 radical (unpaired) electrons. The Bertz CT molecular complexity index is 603. The number of hydrogen-bond acceptors (Lipinski definition) is 5. The summed E-state index contributed by atoms with van der Waals surface area (Å²) in [5.41, 5.74) is 5.70. The van der Waals surface area contributed by atoms with Crippen molar-refractivity contribution < 1.29 is 9.31 Å². The number of pyridine rings is 1. The van der Waals surface area contributed by atoms with Crippen LogP contribution in [0.15, 0.2) is 36.4 Å². The fourth-order valence-electron chi connectivity index (χ4n) is 1.42. The van der Waals surface area contributed by atoms with Gasteiger partial charge in [-0.3, -0.25) is 10.1 Å². The zero-order valence-corrected chi connectivity index (χ0v) is 9.13. The number of nitrogen functional groups attached to an aromatic ring is 1. The fraction of sp³-hybridized carbons (Fsp3) is 0. The van der Waals surface area contributed by atoms with Crippen LogP contribution in [-0.2, 0) is 0 Å². The molecule has 3 N–H and O–H groups in total. The minimum absolute atomic E-state index is 0.0168. The number of halogens is 1. The van der Waals surface area contributed by atoms with E-state index in [1.807, 2.05) is 0 Å². The zero-order valence-electron chi connectivity index (χ0n) is 9.13. The molecule has 0 fully saturated rings. The Morgan fingerprint density at radius 2 is 2.11 bits per heavy atom. The molecule has 18 heavy (non-hydrogen) atoms. The number of nitrogens with zero attached hydrogens (tertiary/aromatic N) is 2. The van der Waals surface area contributed by atoms with Gasteiger partial charge in [-0.15, -0.1) is 0 Å². The first-order valence-corrected chi connectivity index (χ1v) is 4.99. The van der Waals surface area contributed by atoms with Gasteiger partial charge in [-0.2, -0.15) is 0 Å². The average Bonchev–Trinajstić information content (AvgIpc) is 2.28. The maximum absolute atomic E-state index is 13.0. The summed E-state index contributed by atoms with van der Waals surface area (Å²) in [6, 6.07) is 8.04. The largest absolute Gasteiger partial charge is 0.383 e. The van der Waals surface area contributed by atoms with Crippen LogP contribution in [0.4, 0.5) is 27.4 Å². The molecule has 7 heteroatoms. The molecule has 0 atom stereocenters. The van der Waals surface area contributed by atoms with E-state index in [9.17, 15) is 14.5 Å². The van der Waals surface area contributed by atoms with Gasteiger partial charge in [0, 0.05) is 5.69 Å². The lowest BCUT2D eigenvalue weighted by Crippen LogP contribution is -2.00. The molecular formula is C11H9FN4O2. The second-order valence-electron chi connectivity index (χ2n) is 3.53. The summed E-state index contributed by atoms with van der Waals surface area (Å²) in [5.74, 6) is -0.214. The first-order valence-electron chi connectivity index (χ1n) is 4.99. The monoisotopic (exact) mass is 248 g/mol. The SMILES string of the molecule is Nc1cc([N+](=O)[O-])cc(Nc2cccc(F)c2)n1. The molecule has 0 amide bonds. The van der Waals surface area contributed by atoms with Gasteiger partial charge in [0.25, 0.3) is 5.69 Å². The maximum atomic E-state index is 13.0. The summed E-state index contributed by atoms with van der Waals surface area (Å²) in [6.07, 6.45) is 0. The van der Waals surface area contributed by atoms with Crippen molar-refractivity contribution in [1.82, 2.24) is 4.98 Å². The van der Waals surface area contributed by atoms with E-state index in [1.54, 1.807) is 6.07 Å². The molecule has 1 heterocycles. The number of anilines is 3. The third-order valence-electron chi connectivity index (χ3n) is 2.14. The third-order valence-corrected chi connectivity index (χ3v) is 2.14. The highest BCUT2D eigenvalue weighted by molar-refractivity contribution is 5.61. The minimum Gasteiger partial charge on any atom is -0.383 e. The van der Waals surface area contributed by atoms with E-state index in [2.05, 4.69) is 10.3 Å². The molecule has 1 aromatic heterocycles. The number of nitrogens with two attached hydrogens (primary N) is 1. The van der Waals surface area contributed by atoms with E-state index in [1.165, 1.54) is 24.3 Å². The second-order valence-corrected chi connectivity index (χ2v) is 3.53. The van der Waals surface area contributed by atoms with Gasteiger partial charge < -0.3 is 11.1 Å². The van der Waals surface area contributed by atoms with Gasteiger partial charge in [-0.05, 0) is 18.2 Å². The van der Waals surface area contributed by atoms with E-state index in [0.29, 0.717) is 5.69 Å². The lowest BCUT2D eigenvalue weighted by atomic mass is 10.3. The Kier molecular flexibility index (Phi) is 3.05. The zero-order chi connectivity index (χ0) is 13.1. The summed E-state index contributed by atoms with van der Waals surface area (Å²) in [4.78, 5) is 14.0. The van der Waals surface area contributed by atoms with Crippen LogP contribution in [0.2, 0.25) is 0 Å². The quantitative estimate of drug-likeness (QED) is 0.642. The maximum Gasteiger partial charge on any atom is 0.276 e. The fourth-order valence-corrected chi connectivity index (χ4v) is 1.42. The number of nitro groups is 1. The Hall–Kier alpha value is -2.70. The first kappa shape index (κ1) is 11.8. The van der Waals surface area contributed by atoms with Crippen LogP contribution >= 0.6 is 0 Å². The van der Waals surface area contributed by atoms with E-state index in [4.69, 9.17) is 5.73 Å². The molecule has 92 valence electrons. The van der Waals surface area contributed by atoms with E-state index in [0.717, 1.165) is 6.07 Å². The normalized spacial score (nSPS) is 10.1. The van der Waals surface area contributed by atoms with Crippen molar-refractivity contribution in [2.75, 3.05) is 11.1 Å². The predicted octanol–water partition coefficient (Wildman–Crippen LogP) is 2.45. The van der Waals surface area contributed by atoms with Crippen molar-refractivity contribution >= 4 is 23.0 Å². The van der Waals surface area contributed by atoms with Crippen LogP contribution in [-0.4, -0.2) is 9.91 Å². The second kappa shape index (κ2) is 4.66. The number of benzene rings is 1.